The maximum Gasteiger partial charge on any atom is 0.453 e. The van der Waals surface area contributed by atoms with Crippen molar-refractivity contribution in [2.24, 2.45) is 5.73 Å². The number of hydrogen-bond donors (Lipinski definition) is 2. The van der Waals surface area contributed by atoms with Crippen molar-refractivity contribution >= 4 is 19.6 Å². The Hall–Kier alpha value is -3.81. The lowest BCUT2D eigenvalue weighted by molar-refractivity contribution is -0.133. The molecule has 1 aliphatic heterocycles. The summed E-state index contributed by atoms with van der Waals surface area (Å²) < 4.78 is 31.9. The van der Waals surface area contributed by atoms with Crippen LogP contribution in [0.3, 0.4) is 0 Å². The molecule has 1 unspecified atom stereocenters. The molecule has 2 atom stereocenters. The van der Waals surface area contributed by atoms with Gasteiger partial charge in [0.25, 0.3) is 0 Å². The summed E-state index contributed by atoms with van der Waals surface area (Å²) in [6, 6.07) is 26.0. The summed E-state index contributed by atoms with van der Waals surface area (Å²) in [5, 5.41) is 2.73. The molecule has 10 heteroatoms. The van der Waals surface area contributed by atoms with Gasteiger partial charge < -0.3 is 29.7 Å². The van der Waals surface area contributed by atoms with E-state index in [1.165, 1.54) is 4.90 Å². The highest BCUT2D eigenvalue weighted by atomic mass is 31.2. The SMILES string of the molecule is NCCCC[C@H](NC(=O)OCc1ccccc1)C(=O)N1CCCC1P(=O)(Oc1ccccc1)Oc1ccccc1. The van der Waals surface area contributed by atoms with E-state index in [0.717, 1.165) is 5.56 Å². The van der Waals surface area contributed by atoms with Gasteiger partial charge in [0, 0.05) is 6.54 Å². The number of para-hydroxylation sites is 2. The molecule has 0 bridgehead atoms. The van der Waals surface area contributed by atoms with E-state index >= 15 is 0 Å². The van der Waals surface area contributed by atoms with Gasteiger partial charge in [0.15, 0.2) is 5.78 Å². The third-order valence-electron chi connectivity index (χ3n) is 6.57. The second kappa shape index (κ2) is 14.5. The van der Waals surface area contributed by atoms with E-state index in [0.29, 0.717) is 56.7 Å². The van der Waals surface area contributed by atoms with Crippen LogP contribution >= 0.6 is 7.60 Å². The molecule has 1 fully saturated rings. The number of nitrogens with one attached hydrogen (secondary N) is 1. The number of hydrogen-bond acceptors (Lipinski definition) is 7. The summed E-state index contributed by atoms with van der Waals surface area (Å²) in [5.74, 6) is -0.435. The molecule has 0 aliphatic carbocycles. The van der Waals surface area contributed by atoms with Crippen LogP contribution in [-0.2, 0) is 20.7 Å². The molecule has 212 valence electrons. The maximum absolute atomic E-state index is 14.5. The standard InChI is InChI=1S/C30H36N3O6P/c31-21-11-10-19-27(32-30(35)37-23-24-13-4-1-5-14-24)29(34)33-22-12-20-28(33)40(36,38-25-15-6-2-7-16-25)39-26-17-8-3-9-18-26/h1-9,13-18,27-28H,10-12,19-23,31H2,(H,32,35)/t27-,28?/m0/s1. The van der Waals surface area contributed by atoms with Crippen molar-refractivity contribution in [1.29, 1.82) is 0 Å². The molecular formula is C30H36N3O6P. The first-order valence-corrected chi connectivity index (χ1v) is 15.2. The van der Waals surface area contributed by atoms with Crippen LogP contribution in [0.15, 0.2) is 91.0 Å². The lowest BCUT2D eigenvalue weighted by atomic mass is 10.1. The second-order valence-electron chi connectivity index (χ2n) is 9.55. The Morgan fingerprint density at radius 3 is 2.05 bits per heavy atom. The molecule has 9 nitrogen and oxygen atoms in total. The highest BCUT2D eigenvalue weighted by Gasteiger charge is 2.48. The van der Waals surface area contributed by atoms with Gasteiger partial charge in [0.1, 0.15) is 24.1 Å². The second-order valence-corrected chi connectivity index (χ2v) is 11.6. The van der Waals surface area contributed by atoms with Crippen molar-refractivity contribution in [1.82, 2.24) is 10.2 Å². The van der Waals surface area contributed by atoms with Crippen LogP contribution in [0.1, 0.15) is 37.7 Å². The summed E-state index contributed by atoms with van der Waals surface area (Å²) in [7, 11) is -3.94. The quantitative estimate of drug-likeness (QED) is 0.201. The number of likely N-dealkylation sites (tertiary alicyclic amines) is 1. The number of alkyl carbamates (subject to hydrolysis) is 1. The average molecular weight is 566 g/mol. The van der Waals surface area contributed by atoms with E-state index in [9.17, 15) is 14.2 Å². The molecule has 0 saturated carbocycles. The zero-order valence-corrected chi connectivity index (χ0v) is 23.3. The van der Waals surface area contributed by atoms with Crippen molar-refractivity contribution in [2.75, 3.05) is 13.1 Å². The Labute approximate surface area is 235 Å². The fourth-order valence-electron chi connectivity index (χ4n) is 4.59. The number of carbonyl (C=O) groups excluding carboxylic acids is 2. The molecule has 3 aromatic rings. The highest BCUT2D eigenvalue weighted by Crippen LogP contribution is 2.57. The summed E-state index contributed by atoms with van der Waals surface area (Å²) in [5.41, 5.74) is 6.51. The number of nitrogens with two attached hydrogens (primary N) is 1. The van der Waals surface area contributed by atoms with Crippen molar-refractivity contribution in [3.63, 3.8) is 0 Å². The van der Waals surface area contributed by atoms with Gasteiger partial charge in [0.2, 0.25) is 5.91 Å². The normalized spacial score (nSPS) is 15.7. The third-order valence-corrected chi connectivity index (χ3v) is 8.77. The van der Waals surface area contributed by atoms with Crippen LogP contribution in [0.5, 0.6) is 11.5 Å². The Morgan fingerprint density at radius 1 is 0.900 bits per heavy atom. The van der Waals surface area contributed by atoms with Crippen molar-refractivity contribution < 1.29 is 27.9 Å². The first kappa shape index (κ1) is 29.2. The molecule has 4 rings (SSSR count). The molecule has 1 heterocycles. The summed E-state index contributed by atoms with van der Waals surface area (Å²) in [6.07, 6.45) is 2.03. The van der Waals surface area contributed by atoms with E-state index in [2.05, 4.69) is 5.32 Å². The Morgan fingerprint density at radius 2 is 1.48 bits per heavy atom. The predicted octanol–water partition coefficient (Wildman–Crippen LogP) is 5.71. The van der Waals surface area contributed by atoms with Crippen LogP contribution < -0.4 is 20.1 Å². The molecule has 40 heavy (non-hydrogen) atoms. The minimum atomic E-state index is -3.94. The molecular weight excluding hydrogens is 529 g/mol. The van der Waals surface area contributed by atoms with Crippen LogP contribution in [0, 0.1) is 0 Å². The molecule has 3 aromatic carbocycles. The molecule has 3 N–H and O–H groups in total. The topological polar surface area (TPSA) is 120 Å². The van der Waals surface area contributed by atoms with Gasteiger partial charge >= 0.3 is 13.7 Å². The summed E-state index contributed by atoms with van der Waals surface area (Å²) >= 11 is 0. The third kappa shape index (κ3) is 8.10. The van der Waals surface area contributed by atoms with Crippen LogP contribution in [0.4, 0.5) is 4.79 Å². The maximum atomic E-state index is 14.5. The lowest BCUT2D eigenvalue weighted by Crippen LogP contribution is -2.50. The molecule has 0 spiro atoms. The molecule has 0 radical (unpaired) electrons. The van der Waals surface area contributed by atoms with Crippen LogP contribution in [0.2, 0.25) is 0 Å². The zero-order valence-electron chi connectivity index (χ0n) is 22.4. The van der Waals surface area contributed by atoms with Crippen LogP contribution in [0.25, 0.3) is 0 Å². The number of amides is 2. The first-order chi connectivity index (χ1) is 19.5. The largest absolute Gasteiger partial charge is 0.453 e. The predicted molar refractivity (Wildman–Crippen MR) is 153 cm³/mol. The molecule has 1 aliphatic rings. The number of carbonyl (C=O) groups is 2. The van der Waals surface area contributed by atoms with Gasteiger partial charge in [-0.1, -0.05) is 66.7 Å². The number of nitrogens with zero attached hydrogens (tertiary/aromatic N) is 1. The number of ether oxygens (including phenoxy) is 1. The zero-order chi connectivity index (χ0) is 28.2. The Bertz CT molecular complexity index is 1220. The van der Waals surface area contributed by atoms with Gasteiger partial charge in [0.05, 0.1) is 0 Å². The van der Waals surface area contributed by atoms with Gasteiger partial charge in [-0.25, -0.2) is 9.36 Å². The summed E-state index contributed by atoms with van der Waals surface area (Å²) in [6.45, 7) is 0.905. The molecule has 1 saturated heterocycles. The first-order valence-electron chi connectivity index (χ1n) is 13.6. The van der Waals surface area contributed by atoms with E-state index < -0.39 is 25.5 Å². The van der Waals surface area contributed by atoms with Crippen LogP contribution in [-0.4, -0.2) is 41.8 Å². The smallest absolute Gasteiger partial charge is 0.445 e. The minimum absolute atomic E-state index is 0.0771. The lowest BCUT2D eigenvalue weighted by Gasteiger charge is -2.33. The van der Waals surface area contributed by atoms with Crippen molar-refractivity contribution in [3.05, 3.63) is 96.6 Å². The Balaban J connectivity index is 1.53. The van der Waals surface area contributed by atoms with E-state index in [4.69, 9.17) is 19.5 Å². The fourth-order valence-corrected chi connectivity index (χ4v) is 6.77. The number of rotatable bonds is 13. The van der Waals surface area contributed by atoms with E-state index in [1.54, 1.807) is 48.5 Å². The molecule has 2 amide bonds. The highest BCUT2D eigenvalue weighted by molar-refractivity contribution is 7.55. The van der Waals surface area contributed by atoms with Gasteiger partial charge in [-0.05, 0) is 68.5 Å². The van der Waals surface area contributed by atoms with Crippen molar-refractivity contribution in [2.45, 2.75) is 50.5 Å². The fraction of sp³-hybridized carbons (Fsp3) is 0.333. The van der Waals surface area contributed by atoms with Crippen molar-refractivity contribution in [3.8, 4) is 11.5 Å². The minimum Gasteiger partial charge on any atom is -0.445 e. The van der Waals surface area contributed by atoms with E-state index in [-0.39, 0.29) is 12.5 Å². The monoisotopic (exact) mass is 565 g/mol. The molecule has 0 aromatic heterocycles. The van der Waals surface area contributed by atoms with Gasteiger partial charge in [-0.3, -0.25) is 4.79 Å². The number of benzene rings is 3. The summed E-state index contributed by atoms with van der Waals surface area (Å²) in [4.78, 5) is 28.1. The number of unbranched alkanes of at least 4 members (excludes halogenated alkanes) is 1. The average Bonchev–Trinajstić information content (AvgIpc) is 3.48. The van der Waals surface area contributed by atoms with E-state index in [1.807, 2.05) is 42.5 Å². The van der Waals surface area contributed by atoms with Gasteiger partial charge in [-0.2, -0.15) is 0 Å². The van der Waals surface area contributed by atoms with Gasteiger partial charge in [-0.15, -0.1) is 0 Å². The Kier molecular flexibility index (Phi) is 10.6.